The van der Waals surface area contributed by atoms with Gasteiger partial charge < -0.3 is 14.6 Å². The van der Waals surface area contributed by atoms with E-state index in [0.717, 1.165) is 0 Å². The third kappa shape index (κ3) is 1.75. The number of phenols is 1. The smallest absolute Gasteiger partial charge is 0.358 e. The zero-order valence-electron chi connectivity index (χ0n) is 8.47. The molecule has 5 nitrogen and oxygen atoms in total. The topological polar surface area (TPSA) is 83.6 Å². The highest BCUT2D eigenvalue weighted by molar-refractivity contribution is 5.87. The lowest BCUT2D eigenvalue weighted by Gasteiger charge is -1.94. The van der Waals surface area contributed by atoms with Crippen LogP contribution in [0.2, 0.25) is 0 Å². The van der Waals surface area contributed by atoms with Gasteiger partial charge in [0.25, 0.3) is 0 Å². The highest BCUT2D eigenvalue weighted by atomic mass is 16.4. The Morgan fingerprint density at radius 3 is 2.44 bits per heavy atom. The largest absolute Gasteiger partial charge is 0.508 e. The van der Waals surface area contributed by atoms with E-state index in [4.69, 9.17) is 14.6 Å². The molecule has 0 aliphatic carbocycles. The Hall–Kier alpha value is -2.30. The van der Waals surface area contributed by atoms with Crippen LogP contribution in [0.25, 0.3) is 11.5 Å². The van der Waals surface area contributed by atoms with Gasteiger partial charge in [0.05, 0.1) is 0 Å². The van der Waals surface area contributed by atoms with Gasteiger partial charge in [0.15, 0.2) is 5.69 Å². The predicted molar refractivity (Wildman–Crippen MR) is 55.3 cm³/mol. The number of phenolic OH excluding ortho intramolecular Hbond substituents is 1. The van der Waals surface area contributed by atoms with E-state index in [1.165, 1.54) is 12.1 Å². The van der Waals surface area contributed by atoms with Crippen molar-refractivity contribution in [3.63, 3.8) is 0 Å². The van der Waals surface area contributed by atoms with Gasteiger partial charge in [0, 0.05) is 5.56 Å². The Labute approximate surface area is 91.0 Å². The van der Waals surface area contributed by atoms with Crippen molar-refractivity contribution >= 4 is 5.97 Å². The predicted octanol–water partition coefficient (Wildman–Crippen LogP) is 2.05. The molecule has 0 bridgehead atoms. The molecule has 0 saturated carbocycles. The van der Waals surface area contributed by atoms with Crippen molar-refractivity contribution in [2.24, 2.45) is 0 Å². The van der Waals surface area contributed by atoms with Crippen LogP contribution in [-0.2, 0) is 0 Å². The standard InChI is InChI=1S/C11H9NO4/c1-6-9(11(14)15)12-10(16-6)7-2-4-8(13)5-3-7/h2-5,13H,1H3,(H,14,15). The molecule has 1 aromatic carbocycles. The van der Waals surface area contributed by atoms with Crippen LogP contribution in [-0.4, -0.2) is 21.2 Å². The maximum absolute atomic E-state index is 10.8. The summed E-state index contributed by atoms with van der Waals surface area (Å²) in [5.41, 5.74) is 0.525. The number of rotatable bonds is 2. The van der Waals surface area contributed by atoms with Gasteiger partial charge in [-0.3, -0.25) is 0 Å². The van der Waals surface area contributed by atoms with E-state index >= 15 is 0 Å². The van der Waals surface area contributed by atoms with E-state index in [-0.39, 0.29) is 23.1 Å². The number of carboxylic acids is 1. The number of carbonyl (C=O) groups is 1. The molecule has 0 unspecified atom stereocenters. The van der Waals surface area contributed by atoms with E-state index in [1.807, 2.05) is 0 Å². The van der Waals surface area contributed by atoms with Crippen molar-refractivity contribution < 1.29 is 19.4 Å². The number of hydrogen-bond donors (Lipinski definition) is 2. The highest BCUT2D eigenvalue weighted by Gasteiger charge is 2.16. The Morgan fingerprint density at radius 1 is 1.31 bits per heavy atom. The second kappa shape index (κ2) is 3.69. The number of aryl methyl sites for hydroxylation is 1. The summed E-state index contributed by atoms with van der Waals surface area (Å²) in [6, 6.07) is 6.17. The van der Waals surface area contributed by atoms with Crippen LogP contribution in [0.4, 0.5) is 0 Å². The second-order valence-electron chi connectivity index (χ2n) is 3.28. The molecule has 2 rings (SSSR count). The molecule has 0 aliphatic heterocycles. The van der Waals surface area contributed by atoms with Crippen LogP contribution in [0.3, 0.4) is 0 Å². The average Bonchev–Trinajstić information content (AvgIpc) is 2.61. The third-order valence-electron chi connectivity index (χ3n) is 2.11. The fraction of sp³-hybridized carbons (Fsp3) is 0.0909. The molecule has 2 aromatic rings. The summed E-state index contributed by atoms with van der Waals surface area (Å²) >= 11 is 0. The molecule has 0 saturated heterocycles. The number of aromatic nitrogens is 1. The zero-order chi connectivity index (χ0) is 11.7. The number of aromatic hydroxyl groups is 1. The van der Waals surface area contributed by atoms with Crippen LogP contribution in [0, 0.1) is 6.92 Å². The van der Waals surface area contributed by atoms with Crippen molar-refractivity contribution in [1.82, 2.24) is 4.98 Å². The number of carboxylic acid groups (broad SMARTS) is 1. The van der Waals surface area contributed by atoms with E-state index in [2.05, 4.69) is 4.98 Å². The number of benzene rings is 1. The molecule has 0 aliphatic rings. The first-order chi connectivity index (χ1) is 7.58. The van der Waals surface area contributed by atoms with Crippen LogP contribution < -0.4 is 0 Å². The first kappa shape index (κ1) is 10.2. The summed E-state index contributed by atoms with van der Waals surface area (Å²) in [5, 5.41) is 17.9. The van der Waals surface area contributed by atoms with Gasteiger partial charge in [-0.2, -0.15) is 0 Å². The van der Waals surface area contributed by atoms with Crippen LogP contribution >= 0.6 is 0 Å². The lowest BCUT2D eigenvalue weighted by Crippen LogP contribution is -1.98. The van der Waals surface area contributed by atoms with Gasteiger partial charge in [-0.1, -0.05) is 0 Å². The molecule has 0 fully saturated rings. The lowest BCUT2D eigenvalue weighted by atomic mass is 10.2. The zero-order valence-corrected chi connectivity index (χ0v) is 8.47. The summed E-state index contributed by atoms with van der Waals surface area (Å²) in [7, 11) is 0. The molecular weight excluding hydrogens is 210 g/mol. The second-order valence-corrected chi connectivity index (χ2v) is 3.28. The minimum absolute atomic E-state index is 0.0944. The molecule has 0 amide bonds. The minimum atomic E-state index is -1.12. The van der Waals surface area contributed by atoms with Crippen molar-refractivity contribution in [3.05, 3.63) is 35.7 Å². The number of oxazole rings is 1. The van der Waals surface area contributed by atoms with Gasteiger partial charge in [-0.25, -0.2) is 9.78 Å². The minimum Gasteiger partial charge on any atom is -0.508 e. The molecule has 82 valence electrons. The van der Waals surface area contributed by atoms with E-state index < -0.39 is 5.97 Å². The molecule has 2 N–H and O–H groups in total. The van der Waals surface area contributed by atoms with Gasteiger partial charge in [-0.15, -0.1) is 0 Å². The average molecular weight is 219 g/mol. The third-order valence-corrected chi connectivity index (χ3v) is 2.11. The number of nitrogens with zero attached hydrogens (tertiary/aromatic N) is 1. The van der Waals surface area contributed by atoms with Gasteiger partial charge in [-0.05, 0) is 31.2 Å². The van der Waals surface area contributed by atoms with Gasteiger partial charge in [0.2, 0.25) is 5.89 Å². The molecule has 5 heteroatoms. The normalized spacial score (nSPS) is 10.3. The molecule has 0 atom stereocenters. The highest BCUT2D eigenvalue weighted by Crippen LogP contribution is 2.23. The Balaban J connectivity index is 2.45. The molecule has 0 radical (unpaired) electrons. The van der Waals surface area contributed by atoms with E-state index in [0.29, 0.717) is 5.56 Å². The fourth-order valence-corrected chi connectivity index (χ4v) is 1.32. The van der Waals surface area contributed by atoms with Crippen molar-refractivity contribution in [2.75, 3.05) is 0 Å². The summed E-state index contributed by atoms with van der Waals surface area (Å²) in [5.74, 6) is -0.498. The summed E-state index contributed by atoms with van der Waals surface area (Å²) in [6.07, 6.45) is 0. The van der Waals surface area contributed by atoms with Crippen LogP contribution in [0.15, 0.2) is 28.7 Å². The molecular formula is C11H9NO4. The van der Waals surface area contributed by atoms with Crippen molar-refractivity contribution in [1.29, 1.82) is 0 Å². The van der Waals surface area contributed by atoms with Gasteiger partial charge in [0.1, 0.15) is 11.5 Å². The maximum atomic E-state index is 10.8. The first-order valence-electron chi connectivity index (χ1n) is 4.58. The van der Waals surface area contributed by atoms with Crippen molar-refractivity contribution in [2.45, 2.75) is 6.92 Å². The van der Waals surface area contributed by atoms with Crippen LogP contribution in [0.5, 0.6) is 5.75 Å². The fourth-order valence-electron chi connectivity index (χ4n) is 1.32. The SMILES string of the molecule is Cc1oc(-c2ccc(O)cc2)nc1C(=O)O. The summed E-state index contributed by atoms with van der Waals surface area (Å²) in [6.45, 7) is 1.54. The quantitative estimate of drug-likeness (QED) is 0.807. The Morgan fingerprint density at radius 2 is 1.94 bits per heavy atom. The Kier molecular flexibility index (Phi) is 2.36. The number of aromatic carboxylic acids is 1. The number of hydrogen-bond acceptors (Lipinski definition) is 4. The van der Waals surface area contributed by atoms with Crippen LogP contribution in [0.1, 0.15) is 16.2 Å². The van der Waals surface area contributed by atoms with Gasteiger partial charge >= 0.3 is 5.97 Å². The first-order valence-corrected chi connectivity index (χ1v) is 4.58. The lowest BCUT2D eigenvalue weighted by molar-refractivity contribution is 0.0689. The molecule has 16 heavy (non-hydrogen) atoms. The summed E-state index contributed by atoms with van der Waals surface area (Å²) < 4.78 is 5.23. The molecule has 1 aromatic heterocycles. The van der Waals surface area contributed by atoms with E-state index in [9.17, 15) is 4.79 Å². The Bertz CT molecular complexity index is 527. The molecule has 1 heterocycles. The van der Waals surface area contributed by atoms with E-state index in [1.54, 1.807) is 19.1 Å². The maximum Gasteiger partial charge on any atom is 0.358 e. The van der Waals surface area contributed by atoms with Crippen molar-refractivity contribution in [3.8, 4) is 17.2 Å². The monoisotopic (exact) mass is 219 g/mol. The molecule has 0 spiro atoms. The summed E-state index contributed by atoms with van der Waals surface area (Å²) in [4.78, 5) is 14.6.